The fourth-order valence-corrected chi connectivity index (χ4v) is 0. The average molecular weight is 161 g/mol. The van der Waals surface area contributed by atoms with Crippen LogP contribution in [-0.2, 0) is 0 Å². The molecule has 62 valence electrons. The van der Waals surface area contributed by atoms with E-state index in [-0.39, 0.29) is 0 Å². The van der Waals surface area contributed by atoms with E-state index in [1.807, 2.05) is 0 Å². The van der Waals surface area contributed by atoms with Gasteiger partial charge in [0, 0.05) is 0 Å². The van der Waals surface area contributed by atoms with Crippen molar-refractivity contribution < 1.29 is 9.85 Å². The summed E-state index contributed by atoms with van der Waals surface area (Å²) in [4.78, 5) is 17.0. The van der Waals surface area contributed by atoms with Gasteiger partial charge in [-0.25, -0.2) is 0 Å². The average Bonchev–Trinajstić information content (AvgIpc) is 1.89. The van der Waals surface area contributed by atoms with Crippen molar-refractivity contribution in [3.8, 4) is 0 Å². The third-order valence-corrected chi connectivity index (χ3v) is 0.384. The molecule has 11 heavy (non-hydrogen) atoms. The van der Waals surface area contributed by atoms with E-state index in [1.165, 1.54) is 0 Å². The van der Waals surface area contributed by atoms with Gasteiger partial charge < -0.3 is 10.1 Å². The lowest BCUT2D eigenvalue weighted by Crippen LogP contribution is -2.05. The minimum atomic E-state index is -0.750. The summed E-state index contributed by atoms with van der Waals surface area (Å²) in [5.41, 5.74) is 4.54. The molecule has 0 aliphatic rings. The molecule has 0 fully saturated rings. The topological polar surface area (TPSA) is 112 Å². The molecule has 7 heteroatoms. The van der Waals surface area contributed by atoms with E-state index in [9.17, 15) is 10.1 Å². The van der Waals surface area contributed by atoms with Crippen molar-refractivity contribution >= 4 is 0 Å². The van der Waals surface area contributed by atoms with Crippen LogP contribution in [0.3, 0.4) is 0 Å². The molecule has 2 N–H and O–H groups in total. The lowest BCUT2D eigenvalue weighted by molar-refractivity contribution is -0.425. The number of nitrogens with two attached hydrogens (primary N) is 1. The van der Waals surface area contributed by atoms with Gasteiger partial charge in [-0.05, 0) is 18.1 Å². The highest BCUT2D eigenvalue weighted by atomic mass is 16.6. The van der Waals surface area contributed by atoms with Crippen LogP contribution in [0.2, 0.25) is 0 Å². The maximum atomic E-state index is 9.28. The first-order chi connectivity index (χ1) is 4.91. The van der Waals surface area contributed by atoms with Gasteiger partial charge in [0.15, 0.2) is 0 Å². The van der Waals surface area contributed by atoms with Crippen LogP contribution in [0.1, 0.15) is 0 Å². The Morgan fingerprint density at radius 3 is 1.64 bits per heavy atom. The monoisotopic (exact) mass is 161 g/mol. The van der Waals surface area contributed by atoms with Crippen LogP contribution in [0.25, 0.3) is 0 Å². The number of rotatable bonds is 2. The molecule has 0 radical (unpaired) electrons. The first-order valence-corrected chi connectivity index (χ1v) is 2.26. The van der Waals surface area contributed by atoms with E-state index >= 15 is 0 Å². The molecule has 0 saturated heterocycles. The Kier molecular flexibility index (Phi) is 6.67. The standard InChI is InChI=1S/C2H4N2O2.C2H3NO2/c1-2(3)4(5)6;1-2-3(4)5/h1,3H2;2H,1H2. The van der Waals surface area contributed by atoms with Crippen LogP contribution < -0.4 is 5.73 Å². The van der Waals surface area contributed by atoms with E-state index in [0.29, 0.717) is 6.20 Å². The van der Waals surface area contributed by atoms with Crippen molar-refractivity contribution in [2.24, 2.45) is 5.73 Å². The summed E-state index contributed by atoms with van der Waals surface area (Å²) >= 11 is 0. The molecule has 0 atom stereocenters. The van der Waals surface area contributed by atoms with Crippen LogP contribution >= 0.6 is 0 Å². The van der Waals surface area contributed by atoms with Crippen molar-refractivity contribution in [3.63, 3.8) is 0 Å². The molecule has 0 aliphatic heterocycles. The van der Waals surface area contributed by atoms with Gasteiger partial charge in [0.05, 0.1) is 4.92 Å². The van der Waals surface area contributed by atoms with Gasteiger partial charge >= 0.3 is 5.82 Å². The van der Waals surface area contributed by atoms with Crippen molar-refractivity contribution in [1.29, 1.82) is 0 Å². The fraction of sp³-hybridized carbons (Fsp3) is 0. The molecule has 0 aliphatic carbocycles. The summed E-state index contributed by atoms with van der Waals surface area (Å²) in [5, 5.41) is 18.3. The van der Waals surface area contributed by atoms with E-state index in [0.717, 1.165) is 0 Å². The second-order valence-corrected chi connectivity index (χ2v) is 1.22. The predicted molar refractivity (Wildman–Crippen MR) is 37.5 cm³/mol. The van der Waals surface area contributed by atoms with Gasteiger partial charge in [0.1, 0.15) is 0 Å². The summed E-state index contributed by atoms with van der Waals surface area (Å²) < 4.78 is 0. The molecule has 0 heterocycles. The molecule has 0 spiro atoms. The largest absolute Gasteiger partial charge is 0.358 e. The zero-order valence-electron chi connectivity index (χ0n) is 5.60. The van der Waals surface area contributed by atoms with Gasteiger partial charge in [-0.2, -0.15) is 0 Å². The Balaban J connectivity index is 0. The molecule has 0 rings (SSSR count). The molecule has 0 bridgehead atoms. The van der Waals surface area contributed by atoms with Crippen molar-refractivity contribution in [2.45, 2.75) is 0 Å². The van der Waals surface area contributed by atoms with Crippen molar-refractivity contribution in [1.82, 2.24) is 0 Å². The number of nitrogens with zero attached hydrogens (tertiary/aromatic N) is 2. The Labute approximate surface area is 62.1 Å². The van der Waals surface area contributed by atoms with Crippen molar-refractivity contribution in [3.05, 3.63) is 45.4 Å². The van der Waals surface area contributed by atoms with Crippen molar-refractivity contribution in [2.75, 3.05) is 0 Å². The summed E-state index contributed by atoms with van der Waals surface area (Å²) in [6.07, 6.45) is 0.639. The summed E-state index contributed by atoms with van der Waals surface area (Å²) in [7, 11) is 0. The Morgan fingerprint density at radius 2 is 1.64 bits per heavy atom. The van der Waals surface area contributed by atoms with Crippen LogP contribution in [0.5, 0.6) is 0 Å². The Morgan fingerprint density at radius 1 is 1.45 bits per heavy atom. The zero-order valence-corrected chi connectivity index (χ0v) is 5.60. The number of hydrogen-bond donors (Lipinski definition) is 1. The van der Waals surface area contributed by atoms with E-state index < -0.39 is 15.7 Å². The van der Waals surface area contributed by atoms with Crippen LogP contribution in [0, 0.1) is 20.2 Å². The quantitative estimate of drug-likeness (QED) is 0.455. The highest BCUT2D eigenvalue weighted by Crippen LogP contribution is 1.71. The molecule has 0 unspecified atom stereocenters. The second kappa shape index (κ2) is 6.20. The predicted octanol–water partition coefficient (Wildman–Crippen LogP) is 0.0996. The minimum Gasteiger partial charge on any atom is -0.358 e. The molecular formula is C4H7N3O4. The summed E-state index contributed by atoms with van der Waals surface area (Å²) in [6.45, 7) is 5.69. The van der Waals surface area contributed by atoms with E-state index in [2.05, 4.69) is 18.9 Å². The molecular weight excluding hydrogens is 154 g/mol. The smallest absolute Gasteiger partial charge is 0.306 e. The van der Waals surface area contributed by atoms with Crippen LogP contribution in [-0.4, -0.2) is 9.85 Å². The SMILES string of the molecule is C=C(N)[N+](=O)[O-].C=C[N+](=O)[O-]. The fourth-order valence-electron chi connectivity index (χ4n) is 0. The van der Waals surface area contributed by atoms with E-state index in [4.69, 9.17) is 10.1 Å². The zero-order chi connectivity index (χ0) is 9.44. The maximum absolute atomic E-state index is 9.28. The molecule has 0 aromatic rings. The lowest BCUT2D eigenvalue weighted by atomic mass is 10.9. The second-order valence-electron chi connectivity index (χ2n) is 1.22. The van der Waals surface area contributed by atoms with E-state index in [1.54, 1.807) is 0 Å². The van der Waals surface area contributed by atoms with Crippen LogP contribution in [0.4, 0.5) is 0 Å². The molecule has 7 nitrogen and oxygen atoms in total. The lowest BCUT2D eigenvalue weighted by Gasteiger charge is -1.84. The Bertz CT molecular complexity index is 176. The highest BCUT2D eigenvalue weighted by Gasteiger charge is 1.86. The first kappa shape index (κ1) is 11.8. The maximum Gasteiger partial charge on any atom is 0.306 e. The Hall–Kier alpha value is -1.92. The highest BCUT2D eigenvalue weighted by molar-refractivity contribution is 4.67. The first-order valence-electron chi connectivity index (χ1n) is 2.26. The van der Waals surface area contributed by atoms with Crippen LogP contribution in [0.15, 0.2) is 25.2 Å². The minimum absolute atomic E-state index is 0.519. The van der Waals surface area contributed by atoms with Gasteiger partial charge in [-0.1, -0.05) is 0 Å². The molecule has 0 amide bonds. The van der Waals surface area contributed by atoms with Gasteiger partial charge in [-0.3, -0.25) is 15.8 Å². The molecule has 0 saturated carbocycles. The summed E-state index contributed by atoms with van der Waals surface area (Å²) in [5.74, 6) is -0.519. The molecule has 0 aromatic carbocycles. The van der Waals surface area contributed by atoms with Gasteiger partial charge in [0.25, 0.3) is 0 Å². The number of nitro groups is 2. The number of hydrogen-bond acceptors (Lipinski definition) is 5. The third-order valence-electron chi connectivity index (χ3n) is 0.384. The normalized spacial score (nSPS) is 6.91. The summed E-state index contributed by atoms with van der Waals surface area (Å²) in [6, 6.07) is 0. The third kappa shape index (κ3) is 17.9. The van der Waals surface area contributed by atoms with Gasteiger partial charge in [0.2, 0.25) is 6.20 Å². The molecule has 0 aromatic heterocycles. The van der Waals surface area contributed by atoms with Gasteiger partial charge in [-0.15, -0.1) is 0 Å².